The monoisotopic (exact) mass is 488 g/mol. The number of aliphatic hydroxyl groups is 2. The molecule has 0 saturated carbocycles. The molecule has 3 rings (SSSR count). The summed E-state index contributed by atoms with van der Waals surface area (Å²) in [5.41, 5.74) is 3.23. The van der Waals surface area contributed by atoms with E-state index in [0.717, 1.165) is 28.0 Å². The van der Waals surface area contributed by atoms with Crippen LogP contribution in [0.2, 0.25) is 0 Å². The van der Waals surface area contributed by atoms with E-state index in [9.17, 15) is 15.0 Å². The standard InChI is InChI=1S/C27H36O4S2/c1-16(2)27(10-8-19-9-11-32-18(19)4)14-22(29)24(25(30)31-27)33-23-12-17(3)20(15-28)13-21(23)26(5,6)7/h9,11-13,16,28-29H,8,10,14-15H2,1-7H3/t27-/m0/s1. The fourth-order valence-corrected chi connectivity index (χ4v) is 6.30. The highest BCUT2D eigenvalue weighted by atomic mass is 32.2. The zero-order chi connectivity index (χ0) is 24.6. The van der Waals surface area contributed by atoms with Crippen LogP contribution in [0.3, 0.4) is 0 Å². The number of carbonyl (C=O) groups is 1. The number of hydrogen-bond acceptors (Lipinski definition) is 6. The molecule has 2 aromatic rings. The maximum Gasteiger partial charge on any atom is 0.349 e. The summed E-state index contributed by atoms with van der Waals surface area (Å²) in [5.74, 6) is -0.274. The summed E-state index contributed by atoms with van der Waals surface area (Å²) in [6.07, 6.45) is 1.81. The van der Waals surface area contributed by atoms with Crippen molar-refractivity contribution >= 4 is 29.1 Å². The molecular formula is C27H36O4S2. The van der Waals surface area contributed by atoms with E-state index in [1.165, 1.54) is 22.2 Å². The number of aryl methyl sites for hydroxylation is 3. The number of rotatable bonds is 7. The Kier molecular flexibility index (Phi) is 7.72. The Bertz CT molecular complexity index is 1060. The maximum atomic E-state index is 13.2. The lowest BCUT2D eigenvalue weighted by molar-refractivity contribution is -0.164. The number of hydrogen-bond donors (Lipinski definition) is 2. The Balaban J connectivity index is 1.93. The number of aliphatic hydroxyl groups excluding tert-OH is 2. The number of carbonyl (C=O) groups excluding carboxylic acids is 1. The number of cyclic esters (lactones) is 1. The van der Waals surface area contributed by atoms with Crippen molar-refractivity contribution in [1.29, 1.82) is 0 Å². The van der Waals surface area contributed by atoms with Crippen molar-refractivity contribution in [3.63, 3.8) is 0 Å². The van der Waals surface area contributed by atoms with Crippen molar-refractivity contribution in [2.75, 3.05) is 0 Å². The predicted molar refractivity (Wildman–Crippen MR) is 137 cm³/mol. The molecule has 0 saturated heterocycles. The molecule has 6 heteroatoms. The van der Waals surface area contributed by atoms with E-state index in [1.807, 2.05) is 32.9 Å². The van der Waals surface area contributed by atoms with Gasteiger partial charge >= 0.3 is 5.97 Å². The molecule has 0 radical (unpaired) electrons. The second kappa shape index (κ2) is 9.85. The SMILES string of the molecule is Cc1cc(SC2=C(O)C[C@@](CCc3ccsc3C)(C(C)C)OC2=O)c(C(C)(C)C)cc1CO. The summed E-state index contributed by atoms with van der Waals surface area (Å²) in [6.45, 7) is 14.4. The summed E-state index contributed by atoms with van der Waals surface area (Å²) < 4.78 is 6.12. The second-order valence-corrected chi connectivity index (χ2v) is 12.5. The first-order valence-corrected chi connectivity index (χ1v) is 13.2. The Morgan fingerprint density at radius 2 is 1.91 bits per heavy atom. The lowest BCUT2D eigenvalue weighted by Gasteiger charge is -2.40. The molecule has 0 amide bonds. The minimum absolute atomic E-state index is 0.0314. The van der Waals surface area contributed by atoms with Crippen LogP contribution >= 0.6 is 23.1 Å². The minimum Gasteiger partial charge on any atom is -0.511 e. The molecule has 1 aromatic heterocycles. The van der Waals surface area contributed by atoms with Crippen LogP contribution in [0, 0.1) is 19.8 Å². The first-order chi connectivity index (χ1) is 15.4. The van der Waals surface area contributed by atoms with Gasteiger partial charge in [0.25, 0.3) is 0 Å². The minimum atomic E-state index is -0.719. The molecule has 0 bridgehead atoms. The van der Waals surface area contributed by atoms with Crippen LogP contribution in [0.1, 0.15) is 74.6 Å². The molecule has 0 aliphatic carbocycles. The van der Waals surface area contributed by atoms with Gasteiger partial charge in [0.15, 0.2) is 0 Å². The van der Waals surface area contributed by atoms with E-state index in [0.29, 0.717) is 12.8 Å². The quantitative estimate of drug-likeness (QED) is 0.411. The van der Waals surface area contributed by atoms with Gasteiger partial charge in [-0.2, -0.15) is 0 Å². The number of benzene rings is 1. The average Bonchev–Trinajstić information content (AvgIpc) is 3.13. The molecule has 0 unspecified atom stereocenters. The number of ether oxygens (including phenoxy) is 1. The third-order valence-corrected chi connectivity index (χ3v) is 8.73. The molecule has 4 nitrogen and oxygen atoms in total. The van der Waals surface area contributed by atoms with Crippen LogP contribution in [-0.2, 0) is 28.0 Å². The van der Waals surface area contributed by atoms with E-state index in [1.54, 1.807) is 11.3 Å². The maximum absolute atomic E-state index is 13.2. The van der Waals surface area contributed by atoms with Gasteiger partial charge in [0.1, 0.15) is 16.3 Å². The van der Waals surface area contributed by atoms with Crippen molar-refractivity contribution in [2.24, 2.45) is 5.92 Å². The molecule has 0 fully saturated rings. The van der Waals surface area contributed by atoms with Gasteiger partial charge in [-0.05, 0) is 77.8 Å². The molecular weight excluding hydrogens is 452 g/mol. The second-order valence-electron chi connectivity index (χ2n) is 10.3. The molecule has 2 heterocycles. The summed E-state index contributed by atoms with van der Waals surface area (Å²) in [5, 5.41) is 22.9. The van der Waals surface area contributed by atoms with E-state index < -0.39 is 11.6 Å². The fraction of sp³-hybridized carbons (Fsp3) is 0.519. The molecule has 0 spiro atoms. The van der Waals surface area contributed by atoms with Gasteiger partial charge in [0, 0.05) is 16.2 Å². The molecule has 1 atom stereocenters. The molecule has 2 N–H and O–H groups in total. The van der Waals surface area contributed by atoms with Gasteiger partial charge in [-0.15, -0.1) is 11.3 Å². The van der Waals surface area contributed by atoms with Crippen LogP contribution < -0.4 is 0 Å². The highest BCUT2D eigenvalue weighted by Gasteiger charge is 2.44. The third-order valence-electron chi connectivity index (χ3n) is 6.67. The van der Waals surface area contributed by atoms with Crippen molar-refractivity contribution in [1.82, 2.24) is 0 Å². The molecule has 1 aliphatic rings. The lowest BCUT2D eigenvalue weighted by atomic mass is 9.80. The highest BCUT2D eigenvalue weighted by Crippen LogP contribution is 2.45. The van der Waals surface area contributed by atoms with Crippen LogP contribution in [0.15, 0.2) is 39.1 Å². The van der Waals surface area contributed by atoms with Crippen LogP contribution in [0.4, 0.5) is 0 Å². The van der Waals surface area contributed by atoms with Crippen molar-refractivity contribution < 1.29 is 19.7 Å². The van der Waals surface area contributed by atoms with Crippen molar-refractivity contribution in [2.45, 2.75) is 90.2 Å². The van der Waals surface area contributed by atoms with E-state index in [2.05, 4.69) is 39.1 Å². The van der Waals surface area contributed by atoms with Crippen LogP contribution in [0.25, 0.3) is 0 Å². The Labute approximate surface area is 206 Å². The Morgan fingerprint density at radius 3 is 2.42 bits per heavy atom. The molecule has 180 valence electrons. The van der Waals surface area contributed by atoms with Crippen molar-refractivity contribution in [3.8, 4) is 0 Å². The van der Waals surface area contributed by atoms with E-state index in [4.69, 9.17) is 4.74 Å². The van der Waals surface area contributed by atoms with Gasteiger partial charge in [0.05, 0.1) is 6.61 Å². The van der Waals surface area contributed by atoms with Gasteiger partial charge < -0.3 is 14.9 Å². The van der Waals surface area contributed by atoms with Crippen LogP contribution in [-0.4, -0.2) is 21.8 Å². The molecule has 1 aliphatic heterocycles. The zero-order valence-electron chi connectivity index (χ0n) is 20.7. The lowest BCUT2D eigenvalue weighted by Crippen LogP contribution is -2.44. The fourth-order valence-electron chi connectivity index (χ4n) is 4.29. The molecule has 33 heavy (non-hydrogen) atoms. The average molecular weight is 489 g/mol. The summed E-state index contributed by atoms with van der Waals surface area (Å²) in [6, 6.07) is 6.13. The summed E-state index contributed by atoms with van der Waals surface area (Å²) >= 11 is 3.00. The van der Waals surface area contributed by atoms with E-state index in [-0.39, 0.29) is 28.6 Å². The predicted octanol–water partition coefficient (Wildman–Crippen LogP) is 6.99. The zero-order valence-corrected chi connectivity index (χ0v) is 22.4. The Morgan fingerprint density at radius 1 is 1.21 bits per heavy atom. The van der Waals surface area contributed by atoms with Gasteiger partial charge in [-0.3, -0.25) is 0 Å². The normalized spacial score (nSPS) is 19.4. The smallest absolute Gasteiger partial charge is 0.349 e. The van der Waals surface area contributed by atoms with Gasteiger partial charge in [0.2, 0.25) is 0 Å². The topological polar surface area (TPSA) is 66.8 Å². The number of esters is 1. The summed E-state index contributed by atoms with van der Waals surface area (Å²) in [7, 11) is 0. The van der Waals surface area contributed by atoms with Gasteiger partial charge in [-0.25, -0.2) is 4.79 Å². The Hall–Kier alpha value is -1.76. The van der Waals surface area contributed by atoms with Crippen molar-refractivity contribution in [3.05, 3.63) is 61.4 Å². The highest BCUT2D eigenvalue weighted by molar-refractivity contribution is 8.04. The van der Waals surface area contributed by atoms with Gasteiger partial charge in [-0.1, -0.05) is 52.4 Å². The van der Waals surface area contributed by atoms with E-state index >= 15 is 0 Å². The molecule has 1 aromatic carbocycles. The third kappa shape index (κ3) is 5.50. The number of thiophene rings is 1. The number of thioether (sulfide) groups is 1. The summed E-state index contributed by atoms with van der Waals surface area (Å²) in [4.78, 5) is 15.7. The first kappa shape index (κ1) is 25.9. The largest absolute Gasteiger partial charge is 0.511 e. The van der Waals surface area contributed by atoms with Crippen LogP contribution in [0.5, 0.6) is 0 Å². The first-order valence-electron chi connectivity index (χ1n) is 11.5.